The molecule has 0 amide bonds. The van der Waals surface area contributed by atoms with Crippen LogP contribution in [0.4, 0.5) is 0 Å². The average molecular weight is 273 g/mol. The van der Waals surface area contributed by atoms with Crippen LogP contribution >= 0.6 is 0 Å². The third-order valence-corrected chi connectivity index (χ3v) is 5.01. The molecule has 1 aromatic rings. The fourth-order valence-electron chi connectivity index (χ4n) is 2.21. The first-order valence-electron chi connectivity index (χ1n) is 6.01. The van der Waals surface area contributed by atoms with Crippen LogP contribution < -0.4 is 4.72 Å². The molecule has 2 atom stereocenters. The highest BCUT2D eigenvalue weighted by molar-refractivity contribution is 7.89. The van der Waals surface area contributed by atoms with E-state index in [-0.39, 0.29) is 22.6 Å². The smallest absolute Gasteiger partial charge is 0.257 e. The largest absolute Gasteiger partial charge is 0.378 e. The number of ether oxygens (including phenoxy) is 1. The number of nitrogens with zero attached hydrogens (tertiary/aromatic N) is 1. The summed E-state index contributed by atoms with van der Waals surface area (Å²) in [7, 11) is -3.51. The molecule has 2 unspecified atom stereocenters. The van der Waals surface area contributed by atoms with Crippen molar-refractivity contribution < 1.29 is 13.2 Å². The fraction of sp³-hybridized carbons (Fsp3) is 0.727. The third kappa shape index (κ3) is 2.30. The molecule has 7 heteroatoms. The summed E-state index contributed by atoms with van der Waals surface area (Å²) in [5, 5.41) is 6.21. The lowest BCUT2D eigenvalue weighted by Crippen LogP contribution is -2.61. The zero-order valence-corrected chi connectivity index (χ0v) is 11.6. The molecule has 0 spiro atoms. The normalized spacial score (nSPS) is 26.8. The maximum absolute atomic E-state index is 12.0. The van der Waals surface area contributed by atoms with Gasteiger partial charge in [-0.3, -0.25) is 5.10 Å². The van der Waals surface area contributed by atoms with Crippen molar-refractivity contribution in [3.8, 4) is 0 Å². The molecule has 0 aliphatic heterocycles. The standard InChI is InChI=1S/C11H19N3O3S/c1-4-17-9-7-8(11(9,2)3)14-18(15,16)10-5-6-12-13-10/h5-6,8-9,14H,4,7H2,1-3H3,(H,12,13). The Hall–Kier alpha value is -0.920. The van der Waals surface area contributed by atoms with E-state index in [1.807, 2.05) is 20.8 Å². The van der Waals surface area contributed by atoms with E-state index >= 15 is 0 Å². The van der Waals surface area contributed by atoms with Crippen LogP contribution in [0.15, 0.2) is 17.3 Å². The molecule has 102 valence electrons. The van der Waals surface area contributed by atoms with E-state index in [1.165, 1.54) is 12.3 Å². The van der Waals surface area contributed by atoms with E-state index in [1.54, 1.807) is 0 Å². The Balaban J connectivity index is 2.04. The van der Waals surface area contributed by atoms with Crippen molar-refractivity contribution in [2.45, 2.75) is 44.4 Å². The van der Waals surface area contributed by atoms with Gasteiger partial charge in [0.05, 0.1) is 12.3 Å². The van der Waals surface area contributed by atoms with Crippen molar-refractivity contribution >= 4 is 10.0 Å². The Kier molecular flexibility index (Phi) is 3.48. The highest BCUT2D eigenvalue weighted by Crippen LogP contribution is 2.43. The number of sulfonamides is 1. The molecule has 2 N–H and O–H groups in total. The molecule has 0 bridgehead atoms. The monoisotopic (exact) mass is 273 g/mol. The molecule has 0 radical (unpaired) electrons. The van der Waals surface area contributed by atoms with Gasteiger partial charge in [0.2, 0.25) is 0 Å². The number of hydrogen-bond acceptors (Lipinski definition) is 4. The summed E-state index contributed by atoms with van der Waals surface area (Å²) in [6.07, 6.45) is 2.23. The van der Waals surface area contributed by atoms with Gasteiger partial charge in [-0.1, -0.05) is 13.8 Å². The minimum atomic E-state index is -3.51. The van der Waals surface area contributed by atoms with Crippen molar-refractivity contribution in [2.75, 3.05) is 6.61 Å². The summed E-state index contributed by atoms with van der Waals surface area (Å²) >= 11 is 0. The minimum absolute atomic E-state index is 0.0955. The Bertz CT molecular complexity index is 496. The van der Waals surface area contributed by atoms with Crippen LogP contribution in [-0.2, 0) is 14.8 Å². The first kappa shape index (κ1) is 13.5. The van der Waals surface area contributed by atoms with Gasteiger partial charge in [-0.2, -0.15) is 5.10 Å². The summed E-state index contributed by atoms with van der Waals surface area (Å²) in [4.78, 5) is 0. The Morgan fingerprint density at radius 2 is 2.33 bits per heavy atom. The first-order valence-corrected chi connectivity index (χ1v) is 7.49. The summed E-state index contributed by atoms with van der Waals surface area (Å²) in [5.74, 6) is 0. The zero-order valence-electron chi connectivity index (χ0n) is 10.8. The molecule has 1 aliphatic carbocycles. The highest BCUT2D eigenvalue weighted by atomic mass is 32.2. The Morgan fingerprint density at radius 3 is 2.83 bits per heavy atom. The maximum atomic E-state index is 12.0. The molecule has 0 saturated heterocycles. The molecule has 1 aliphatic rings. The number of H-pyrrole nitrogens is 1. The first-order chi connectivity index (χ1) is 8.38. The second-order valence-corrected chi connectivity index (χ2v) is 6.78. The molecule has 1 fully saturated rings. The van der Waals surface area contributed by atoms with Gasteiger partial charge in [-0.15, -0.1) is 0 Å². The highest BCUT2D eigenvalue weighted by Gasteiger charge is 2.50. The SMILES string of the molecule is CCOC1CC(NS(=O)(=O)c2ccn[nH]2)C1(C)C. The van der Waals surface area contributed by atoms with Crippen molar-refractivity contribution in [3.05, 3.63) is 12.3 Å². The predicted octanol–water partition coefficient (Wildman–Crippen LogP) is 0.892. The lowest BCUT2D eigenvalue weighted by Gasteiger charge is -2.51. The number of aromatic nitrogens is 2. The average Bonchev–Trinajstić information content (AvgIpc) is 2.82. The van der Waals surface area contributed by atoms with Gasteiger partial charge < -0.3 is 4.74 Å². The number of aromatic amines is 1. The molecular weight excluding hydrogens is 254 g/mol. The number of nitrogens with one attached hydrogen (secondary N) is 2. The zero-order chi connectivity index (χ0) is 13.4. The second kappa shape index (κ2) is 4.64. The van der Waals surface area contributed by atoms with Crippen LogP contribution in [0.5, 0.6) is 0 Å². The quantitative estimate of drug-likeness (QED) is 0.834. The summed E-state index contributed by atoms with van der Waals surface area (Å²) in [6.45, 7) is 6.61. The molecule has 18 heavy (non-hydrogen) atoms. The van der Waals surface area contributed by atoms with E-state index in [9.17, 15) is 8.42 Å². The maximum Gasteiger partial charge on any atom is 0.257 e. The van der Waals surface area contributed by atoms with Crippen LogP contribution in [0.1, 0.15) is 27.2 Å². The fourth-order valence-corrected chi connectivity index (χ4v) is 3.53. The van der Waals surface area contributed by atoms with Crippen molar-refractivity contribution in [1.82, 2.24) is 14.9 Å². The molecule has 2 rings (SSSR count). The van der Waals surface area contributed by atoms with Crippen LogP contribution in [0, 0.1) is 5.41 Å². The van der Waals surface area contributed by atoms with Crippen molar-refractivity contribution in [3.63, 3.8) is 0 Å². The summed E-state index contributed by atoms with van der Waals surface area (Å²) < 4.78 is 32.3. The molecule has 1 saturated carbocycles. The van der Waals surface area contributed by atoms with Crippen molar-refractivity contribution in [2.24, 2.45) is 5.41 Å². The van der Waals surface area contributed by atoms with Gasteiger partial charge in [-0.05, 0) is 19.4 Å². The Labute approximate surface area is 107 Å². The van der Waals surface area contributed by atoms with Gasteiger partial charge in [0, 0.05) is 18.1 Å². The summed E-state index contributed by atoms with van der Waals surface area (Å²) in [5.41, 5.74) is -0.191. The Morgan fingerprint density at radius 1 is 1.61 bits per heavy atom. The second-order valence-electron chi connectivity index (χ2n) is 5.10. The van der Waals surface area contributed by atoms with Gasteiger partial charge >= 0.3 is 0 Å². The van der Waals surface area contributed by atoms with E-state index in [0.717, 1.165) is 0 Å². The lowest BCUT2D eigenvalue weighted by molar-refractivity contribution is -0.108. The van der Waals surface area contributed by atoms with Gasteiger partial charge in [0.1, 0.15) is 0 Å². The molecule has 0 aromatic carbocycles. The number of rotatable bonds is 5. The van der Waals surface area contributed by atoms with Gasteiger partial charge in [-0.25, -0.2) is 13.1 Å². The van der Waals surface area contributed by atoms with Crippen LogP contribution in [0.2, 0.25) is 0 Å². The van der Waals surface area contributed by atoms with E-state index in [0.29, 0.717) is 13.0 Å². The van der Waals surface area contributed by atoms with E-state index < -0.39 is 10.0 Å². The van der Waals surface area contributed by atoms with Crippen LogP contribution in [-0.4, -0.2) is 37.4 Å². The van der Waals surface area contributed by atoms with Crippen molar-refractivity contribution in [1.29, 1.82) is 0 Å². The predicted molar refractivity (Wildman–Crippen MR) is 66.5 cm³/mol. The molecule has 1 heterocycles. The molecule has 6 nitrogen and oxygen atoms in total. The van der Waals surface area contributed by atoms with Gasteiger partial charge in [0.25, 0.3) is 10.0 Å². The van der Waals surface area contributed by atoms with E-state index in [2.05, 4.69) is 14.9 Å². The molecule has 1 aromatic heterocycles. The number of hydrogen-bond donors (Lipinski definition) is 2. The topological polar surface area (TPSA) is 84.1 Å². The van der Waals surface area contributed by atoms with Crippen LogP contribution in [0.25, 0.3) is 0 Å². The van der Waals surface area contributed by atoms with E-state index in [4.69, 9.17) is 4.74 Å². The molecular formula is C11H19N3O3S. The summed E-state index contributed by atoms with van der Waals surface area (Å²) in [6, 6.07) is 1.33. The third-order valence-electron chi connectivity index (χ3n) is 3.61. The van der Waals surface area contributed by atoms with Crippen LogP contribution in [0.3, 0.4) is 0 Å². The lowest BCUT2D eigenvalue weighted by atomic mass is 9.65. The minimum Gasteiger partial charge on any atom is -0.378 e. The van der Waals surface area contributed by atoms with Gasteiger partial charge in [0.15, 0.2) is 5.03 Å².